The minimum absolute atomic E-state index is 0.291. The zero-order valence-corrected chi connectivity index (χ0v) is 14.8. The average Bonchev–Trinajstić information content (AvgIpc) is 2.64. The second kappa shape index (κ2) is 8.30. The third kappa shape index (κ3) is 4.71. The monoisotopic (exact) mass is 379 g/mol. The van der Waals surface area contributed by atoms with Crippen molar-refractivity contribution in [3.05, 3.63) is 59.4 Å². The molecule has 1 heterocycles. The molecule has 8 heteroatoms. The number of morpholine rings is 1. The van der Waals surface area contributed by atoms with E-state index in [9.17, 15) is 18.0 Å². The van der Waals surface area contributed by atoms with E-state index in [1.807, 2.05) is 4.90 Å². The molecule has 2 amide bonds. The number of carbonyl (C=O) groups is 1. The van der Waals surface area contributed by atoms with Gasteiger partial charge in [-0.05, 0) is 42.8 Å². The van der Waals surface area contributed by atoms with Crippen molar-refractivity contribution in [2.24, 2.45) is 0 Å². The first-order chi connectivity index (χ1) is 12.9. The van der Waals surface area contributed by atoms with Gasteiger partial charge in [0.15, 0.2) is 11.6 Å². The van der Waals surface area contributed by atoms with E-state index in [0.717, 1.165) is 12.1 Å². The van der Waals surface area contributed by atoms with Crippen LogP contribution in [0.4, 0.5) is 29.3 Å². The van der Waals surface area contributed by atoms with Crippen molar-refractivity contribution in [3.8, 4) is 0 Å². The van der Waals surface area contributed by atoms with Crippen LogP contribution in [0.5, 0.6) is 0 Å². The van der Waals surface area contributed by atoms with Gasteiger partial charge in [0.2, 0.25) is 0 Å². The largest absolute Gasteiger partial charge is 0.378 e. The van der Waals surface area contributed by atoms with Gasteiger partial charge in [-0.2, -0.15) is 0 Å². The summed E-state index contributed by atoms with van der Waals surface area (Å²) in [5, 5.41) is 5.14. The van der Waals surface area contributed by atoms with Crippen molar-refractivity contribution in [2.75, 3.05) is 36.5 Å². The number of nitrogens with zero attached hydrogens (tertiary/aromatic N) is 1. The molecule has 1 fully saturated rings. The van der Waals surface area contributed by atoms with E-state index < -0.39 is 29.5 Å². The number of anilines is 2. The van der Waals surface area contributed by atoms with E-state index in [1.54, 1.807) is 19.1 Å². The maximum atomic E-state index is 14.4. The lowest BCUT2D eigenvalue weighted by Crippen LogP contribution is -2.36. The van der Waals surface area contributed by atoms with Gasteiger partial charge < -0.3 is 20.3 Å². The molecule has 0 radical (unpaired) electrons. The summed E-state index contributed by atoms with van der Waals surface area (Å²) < 4.78 is 45.9. The Bertz CT molecular complexity index is 826. The maximum Gasteiger partial charge on any atom is 0.319 e. The predicted octanol–water partition coefficient (Wildman–Crippen LogP) is 3.82. The van der Waals surface area contributed by atoms with Crippen LogP contribution in [0.1, 0.15) is 18.5 Å². The van der Waals surface area contributed by atoms with Gasteiger partial charge in [-0.25, -0.2) is 18.0 Å². The zero-order chi connectivity index (χ0) is 19.4. The number of urea groups is 1. The summed E-state index contributed by atoms with van der Waals surface area (Å²) in [6, 6.07) is 6.73. The van der Waals surface area contributed by atoms with Crippen molar-refractivity contribution in [2.45, 2.75) is 13.0 Å². The first-order valence-electron chi connectivity index (χ1n) is 8.59. The molecule has 1 unspecified atom stereocenters. The lowest BCUT2D eigenvalue weighted by atomic mass is 10.1. The molecule has 1 atom stereocenters. The summed E-state index contributed by atoms with van der Waals surface area (Å²) in [5.74, 6) is -2.38. The first-order valence-corrected chi connectivity index (χ1v) is 8.59. The summed E-state index contributed by atoms with van der Waals surface area (Å²) in [4.78, 5) is 14.0. The summed E-state index contributed by atoms with van der Waals surface area (Å²) in [6.07, 6.45) is 0. The fourth-order valence-corrected chi connectivity index (χ4v) is 2.87. The van der Waals surface area contributed by atoms with Crippen LogP contribution >= 0.6 is 0 Å². The van der Waals surface area contributed by atoms with Gasteiger partial charge in [0.1, 0.15) is 5.82 Å². The number of nitrogens with one attached hydrogen (secondary N) is 2. The number of hydrogen-bond donors (Lipinski definition) is 2. The number of amides is 2. The molecule has 27 heavy (non-hydrogen) atoms. The van der Waals surface area contributed by atoms with Crippen molar-refractivity contribution in [3.63, 3.8) is 0 Å². The third-order valence-corrected chi connectivity index (χ3v) is 4.35. The quantitative estimate of drug-likeness (QED) is 0.849. The van der Waals surface area contributed by atoms with Crippen LogP contribution in [0.15, 0.2) is 36.4 Å². The Hall–Kier alpha value is -2.74. The molecule has 0 saturated carbocycles. The average molecular weight is 379 g/mol. The van der Waals surface area contributed by atoms with Crippen LogP contribution in [-0.2, 0) is 4.74 Å². The fourth-order valence-electron chi connectivity index (χ4n) is 2.87. The molecule has 144 valence electrons. The van der Waals surface area contributed by atoms with Crippen LogP contribution in [-0.4, -0.2) is 32.3 Å². The molecule has 1 aliphatic heterocycles. The number of carbonyl (C=O) groups excluding carboxylic acids is 1. The molecule has 3 rings (SSSR count). The van der Waals surface area contributed by atoms with E-state index in [1.165, 1.54) is 12.1 Å². The molecule has 1 saturated heterocycles. The van der Waals surface area contributed by atoms with Gasteiger partial charge in [0.05, 0.1) is 24.9 Å². The predicted molar refractivity (Wildman–Crippen MR) is 96.4 cm³/mol. The van der Waals surface area contributed by atoms with Gasteiger partial charge in [0.25, 0.3) is 0 Å². The Morgan fingerprint density at radius 2 is 1.78 bits per heavy atom. The molecule has 0 spiro atoms. The minimum Gasteiger partial charge on any atom is -0.378 e. The summed E-state index contributed by atoms with van der Waals surface area (Å²) in [7, 11) is 0. The Morgan fingerprint density at radius 1 is 1.04 bits per heavy atom. The summed E-state index contributed by atoms with van der Waals surface area (Å²) in [5.41, 5.74) is 1.16. The Labute approximate surface area is 155 Å². The summed E-state index contributed by atoms with van der Waals surface area (Å²) in [6.45, 7) is 3.94. The maximum absolute atomic E-state index is 14.4. The van der Waals surface area contributed by atoms with E-state index in [2.05, 4.69) is 10.6 Å². The van der Waals surface area contributed by atoms with Gasteiger partial charge >= 0.3 is 6.03 Å². The summed E-state index contributed by atoms with van der Waals surface area (Å²) >= 11 is 0. The van der Waals surface area contributed by atoms with E-state index in [4.69, 9.17) is 4.74 Å². The number of ether oxygens (including phenoxy) is 1. The van der Waals surface area contributed by atoms with Crippen molar-refractivity contribution in [1.82, 2.24) is 5.32 Å². The highest BCUT2D eigenvalue weighted by Crippen LogP contribution is 2.24. The topological polar surface area (TPSA) is 53.6 Å². The smallest absolute Gasteiger partial charge is 0.319 e. The lowest BCUT2D eigenvalue weighted by molar-refractivity contribution is 0.122. The van der Waals surface area contributed by atoms with Gasteiger partial charge in [-0.1, -0.05) is 6.07 Å². The van der Waals surface area contributed by atoms with Crippen molar-refractivity contribution < 1.29 is 22.7 Å². The normalized spacial score (nSPS) is 15.3. The second-order valence-electron chi connectivity index (χ2n) is 6.26. The SMILES string of the molecule is CC(NC(=O)Nc1ccc(N2CCOCC2)c(F)c1)c1ccc(F)c(F)c1. The standard InChI is InChI=1S/C19H20F3N3O2/c1-12(13-2-4-15(20)16(21)10-13)23-19(26)24-14-3-5-18(17(22)11-14)25-6-8-27-9-7-25/h2-5,10-12H,6-9H2,1H3,(H2,23,24,26). The molecule has 1 aliphatic rings. The van der Waals surface area contributed by atoms with Crippen LogP contribution < -0.4 is 15.5 Å². The van der Waals surface area contributed by atoms with Crippen molar-refractivity contribution >= 4 is 17.4 Å². The Balaban J connectivity index is 1.61. The van der Waals surface area contributed by atoms with Gasteiger partial charge in [-0.15, -0.1) is 0 Å². The van der Waals surface area contributed by atoms with Gasteiger partial charge in [0, 0.05) is 18.8 Å². The molecule has 2 N–H and O–H groups in total. The first kappa shape index (κ1) is 19.0. The molecule has 2 aromatic rings. The van der Waals surface area contributed by atoms with Crippen LogP contribution in [0, 0.1) is 17.5 Å². The molecule has 5 nitrogen and oxygen atoms in total. The lowest BCUT2D eigenvalue weighted by Gasteiger charge is -2.29. The molecule has 0 aromatic heterocycles. The number of benzene rings is 2. The molecule has 2 aromatic carbocycles. The van der Waals surface area contributed by atoms with Crippen LogP contribution in [0.25, 0.3) is 0 Å². The highest BCUT2D eigenvalue weighted by molar-refractivity contribution is 5.89. The number of hydrogen-bond acceptors (Lipinski definition) is 3. The molecular weight excluding hydrogens is 359 g/mol. The Morgan fingerprint density at radius 3 is 2.44 bits per heavy atom. The highest BCUT2D eigenvalue weighted by Gasteiger charge is 2.16. The van der Waals surface area contributed by atoms with Gasteiger partial charge in [-0.3, -0.25) is 0 Å². The molecular formula is C19H20F3N3O2. The number of rotatable bonds is 4. The molecule has 0 aliphatic carbocycles. The fraction of sp³-hybridized carbons (Fsp3) is 0.316. The van der Waals surface area contributed by atoms with Crippen LogP contribution in [0.3, 0.4) is 0 Å². The van der Waals surface area contributed by atoms with E-state index in [0.29, 0.717) is 43.2 Å². The van der Waals surface area contributed by atoms with Crippen LogP contribution in [0.2, 0.25) is 0 Å². The Kier molecular flexibility index (Phi) is 5.85. The third-order valence-electron chi connectivity index (χ3n) is 4.35. The zero-order valence-electron chi connectivity index (χ0n) is 14.8. The van der Waals surface area contributed by atoms with E-state index in [-0.39, 0.29) is 0 Å². The number of halogens is 3. The highest BCUT2D eigenvalue weighted by atomic mass is 19.2. The molecule has 0 bridgehead atoms. The van der Waals surface area contributed by atoms with Crippen molar-refractivity contribution in [1.29, 1.82) is 0 Å². The minimum atomic E-state index is -0.984. The second-order valence-corrected chi connectivity index (χ2v) is 6.26. The van der Waals surface area contributed by atoms with E-state index >= 15 is 0 Å².